The monoisotopic (exact) mass is 323 g/mol. The van der Waals surface area contributed by atoms with Crippen molar-refractivity contribution in [3.8, 4) is 11.1 Å². The van der Waals surface area contributed by atoms with Gasteiger partial charge < -0.3 is 14.8 Å². The van der Waals surface area contributed by atoms with Crippen LogP contribution in [0.3, 0.4) is 0 Å². The number of hydrogen-bond donors (Lipinski definition) is 2. The third-order valence-corrected chi connectivity index (χ3v) is 4.66. The molecular formula is C20H21NO3. The number of aromatic nitrogens is 1. The van der Waals surface area contributed by atoms with Gasteiger partial charge in [0.15, 0.2) is 0 Å². The van der Waals surface area contributed by atoms with Crippen LogP contribution in [0.25, 0.3) is 22.0 Å². The number of aliphatic hydroxyl groups is 1. The second kappa shape index (κ2) is 6.13. The van der Waals surface area contributed by atoms with Crippen molar-refractivity contribution in [2.45, 2.75) is 26.4 Å². The summed E-state index contributed by atoms with van der Waals surface area (Å²) in [5.74, 6) is -0.855. The zero-order chi connectivity index (χ0) is 17.4. The Balaban J connectivity index is 2.47. The Morgan fingerprint density at radius 2 is 1.83 bits per heavy atom. The molecule has 0 saturated heterocycles. The summed E-state index contributed by atoms with van der Waals surface area (Å²) >= 11 is 0. The molecule has 124 valence electrons. The summed E-state index contributed by atoms with van der Waals surface area (Å²) in [5.41, 5.74) is 5.44. The largest absolute Gasteiger partial charge is 0.481 e. The Labute approximate surface area is 141 Å². The van der Waals surface area contributed by atoms with Gasteiger partial charge in [-0.3, -0.25) is 4.79 Å². The number of rotatable bonds is 4. The van der Waals surface area contributed by atoms with E-state index in [-0.39, 0.29) is 6.42 Å². The minimum atomic E-state index is -0.855. The van der Waals surface area contributed by atoms with E-state index >= 15 is 0 Å². The van der Waals surface area contributed by atoms with Gasteiger partial charge in [0, 0.05) is 23.6 Å². The van der Waals surface area contributed by atoms with Crippen molar-refractivity contribution >= 4 is 16.9 Å². The van der Waals surface area contributed by atoms with Gasteiger partial charge in [0.1, 0.15) is 0 Å². The van der Waals surface area contributed by atoms with E-state index < -0.39 is 12.1 Å². The Morgan fingerprint density at radius 1 is 1.17 bits per heavy atom. The van der Waals surface area contributed by atoms with Crippen LogP contribution >= 0.6 is 0 Å². The van der Waals surface area contributed by atoms with Gasteiger partial charge in [-0.15, -0.1) is 0 Å². The predicted octanol–water partition coefficient (Wildman–Crippen LogP) is 3.83. The second-order valence-corrected chi connectivity index (χ2v) is 6.16. The first-order chi connectivity index (χ1) is 11.4. The van der Waals surface area contributed by atoms with Crippen molar-refractivity contribution < 1.29 is 15.0 Å². The molecule has 0 saturated carbocycles. The van der Waals surface area contributed by atoms with Gasteiger partial charge in [0.05, 0.1) is 12.5 Å². The average molecular weight is 323 g/mol. The number of fused-ring (bicyclic) bond motifs is 1. The number of aliphatic carboxylic acids is 1. The minimum Gasteiger partial charge on any atom is -0.481 e. The smallest absolute Gasteiger partial charge is 0.307 e. The molecule has 2 N–H and O–H groups in total. The standard InChI is InChI=1S/C20H21NO3/c1-12-16(11-18(23)24)20-17(21(12)3)10-9-15(13(2)22)19(20)14-7-5-4-6-8-14/h4-10,13,22H,11H2,1-3H3,(H,23,24). The van der Waals surface area contributed by atoms with Crippen LogP contribution in [-0.2, 0) is 18.3 Å². The minimum absolute atomic E-state index is 0.0354. The molecule has 3 aromatic rings. The van der Waals surface area contributed by atoms with Crippen LogP contribution in [-0.4, -0.2) is 20.7 Å². The zero-order valence-electron chi connectivity index (χ0n) is 14.1. The summed E-state index contributed by atoms with van der Waals surface area (Å²) in [5, 5.41) is 20.5. The van der Waals surface area contributed by atoms with E-state index in [0.29, 0.717) is 0 Å². The topological polar surface area (TPSA) is 62.5 Å². The summed E-state index contributed by atoms with van der Waals surface area (Å²) in [7, 11) is 1.94. The maximum atomic E-state index is 11.4. The lowest BCUT2D eigenvalue weighted by molar-refractivity contribution is -0.136. The molecule has 1 heterocycles. The molecule has 0 aliphatic rings. The second-order valence-electron chi connectivity index (χ2n) is 6.16. The average Bonchev–Trinajstić information content (AvgIpc) is 2.79. The van der Waals surface area contributed by atoms with Crippen LogP contribution in [0.4, 0.5) is 0 Å². The Morgan fingerprint density at radius 3 is 2.42 bits per heavy atom. The fourth-order valence-corrected chi connectivity index (χ4v) is 3.39. The molecule has 3 rings (SSSR count). The van der Waals surface area contributed by atoms with Crippen molar-refractivity contribution in [1.82, 2.24) is 4.57 Å². The molecule has 1 aromatic heterocycles. The van der Waals surface area contributed by atoms with Crippen molar-refractivity contribution in [3.05, 3.63) is 59.3 Å². The lowest BCUT2D eigenvalue weighted by Gasteiger charge is -2.15. The highest BCUT2D eigenvalue weighted by molar-refractivity contribution is 6.02. The number of aliphatic hydroxyl groups excluding tert-OH is 1. The molecule has 1 unspecified atom stereocenters. The maximum absolute atomic E-state index is 11.4. The number of carboxylic acids is 1. The van der Waals surface area contributed by atoms with E-state index in [9.17, 15) is 15.0 Å². The molecule has 0 bridgehead atoms. The van der Waals surface area contributed by atoms with Gasteiger partial charge in [-0.25, -0.2) is 0 Å². The van der Waals surface area contributed by atoms with E-state index in [1.807, 2.05) is 61.0 Å². The molecule has 0 aliphatic carbocycles. The van der Waals surface area contributed by atoms with Crippen LogP contribution in [0, 0.1) is 6.92 Å². The molecule has 0 fully saturated rings. The predicted molar refractivity (Wildman–Crippen MR) is 95.1 cm³/mol. The third kappa shape index (κ3) is 2.59. The van der Waals surface area contributed by atoms with Gasteiger partial charge in [0.25, 0.3) is 0 Å². The SMILES string of the molecule is Cc1c(CC(=O)O)c2c(-c3ccccc3)c(C(C)O)ccc2n1C. The third-order valence-electron chi connectivity index (χ3n) is 4.66. The molecular weight excluding hydrogens is 302 g/mol. The fourth-order valence-electron chi connectivity index (χ4n) is 3.39. The molecule has 4 nitrogen and oxygen atoms in total. The normalized spacial score (nSPS) is 12.5. The van der Waals surface area contributed by atoms with Crippen LogP contribution in [0.15, 0.2) is 42.5 Å². The van der Waals surface area contributed by atoms with E-state index in [2.05, 4.69) is 0 Å². The van der Waals surface area contributed by atoms with Crippen LogP contribution in [0.2, 0.25) is 0 Å². The number of hydrogen-bond acceptors (Lipinski definition) is 2. The first kappa shape index (κ1) is 16.3. The number of aryl methyl sites for hydroxylation is 1. The van der Waals surface area contributed by atoms with Gasteiger partial charge in [-0.1, -0.05) is 36.4 Å². The molecule has 0 amide bonds. The Kier molecular flexibility index (Phi) is 4.16. The summed E-state index contributed by atoms with van der Waals surface area (Å²) in [6, 6.07) is 13.7. The Bertz CT molecular complexity index is 908. The maximum Gasteiger partial charge on any atom is 0.307 e. The van der Waals surface area contributed by atoms with Gasteiger partial charge in [-0.2, -0.15) is 0 Å². The highest BCUT2D eigenvalue weighted by atomic mass is 16.4. The van der Waals surface area contributed by atoms with Crippen molar-refractivity contribution in [2.24, 2.45) is 7.05 Å². The molecule has 2 aromatic carbocycles. The lowest BCUT2D eigenvalue weighted by atomic mass is 9.91. The van der Waals surface area contributed by atoms with Crippen molar-refractivity contribution in [2.75, 3.05) is 0 Å². The molecule has 0 aliphatic heterocycles. The number of carbonyl (C=O) groups is 1. The molecule has 0 spiro atoms. The molecule has 1 atom stereocenters. The number of carboxylic acid groups (broad SMARTS) is 1. The molecule has 4 heteroatoms. The van der Waals surface area contributed by atoms with Gasteiger partial charge >= 0.3 is 5.97 Å². The van der Waals surface area contributed by atoms with E-state index in [1.165, 1.54) is 0 Å². The van der Waals surface area contributed by atoms with Crippen LogP contribution < -0.4 is 0 Å². The lowest BCUT2D eigenvalue weighted by Crippen LogP contribution is -2.03. The van der Waals surface area contributed by atoms with E-state index in [1.54, 1.807) is 6.92 Å². The van der Waals surface area contributed by atoms with Crippen LogP contribution in [0.1, 0.15) is 29.8 Å². The summed E-state index contributed by atoms with van der Waals surface area (Å²) in [4.78, 5) is 11.4. The highest BCUT2D eigenvalue weighted by Crippen LogP contribution is 2.39. The van der Waals surface area contributed by atoms with Crippen molar-refractivity contribution in [3.63, 3.8) is 0 Å². The van der Waals surface area contributed by atoms with Crippen LogP contribution in [0.5, 0.6) is 0 Å². The first-order valence-electron chi connectivity index (χ1n) is 7.97. The molecule has 0 radical (unpaired) electrons. The summed E-state index contributed by atoms with van der Waals surface area (Å²) in [6.45, 7) is 3.68. The van der Waals surface area contributed by atoms with Crippen molar-refractivity contribution in [1.29, 1.82) is 0 Å². The number of benzene rings is 2. The quantitative estimate of drug-likeness (QED) is 0.767. The Hall–Kier alpha value is -2.59. The summed E-state index contributed by atoms with van der Waals surface area (Å²) < 4.78 is 2.02. The van der Waals surface area contributed by atoms with E-state index in [4.69, 9.17) is 0 Å². The van der Waals surface area contributed by atoms with Gasteiger partial charge in [0.2, 0.25) is 0 Å². The summed E-state index contributed by atoms with van der Waals surface area (Å²) in [6.07, 6.45) is -0.672. The van der Waals surface area contributed by atoms with Gasteiger partial charge in [-0.05, 0) is 42.2 Å². The van der Waals surface area contributed by atoms with E-state index in [0.717, 1.165) is 38.9 Å². The molecule has 24 heavy (non-hydrogen) atoms. The highest BCUT2D eigenvalue weighted by Gasteiger charge is 2.21. The number of nitrogens with zero attached hydrogens (tertiary/aromatic N) is 1. The zero-order valence-corrected chi connectivity index (χ0v) is 14.1. The fraction of sp³-hybridized carbons (Fsp3) is 0.250. The first-order valence-corrected chi connectivity index (χ1v) is 7.97.